The second kappa shape index (κ2) is 9.26. The molecule has 35 heavy (non-hydrogen) atoms. The molecule has 1 fully saturated rings. The summed E-state index contributed by atoms with van der Waals surface area (Å²) in [5, 5.41) is 12.2. The molecule has 3 aromatic heterocycles. The van der Waals surface area contributed by atoms with E-state index < -0.39 is 0 Å². The van der Waals surface area contributed by atoms with E-state index in [0.29, 0.717) is 18.5 Å². The van der Waals surface area contributed by atoms with Crippen molar-refractivity contribution in [3.63, 3.8) is 0 Å². The van der Waals surface area contributed by atoms with Gasteiger partial charge in [0.25, 0.3) is 0 Å². The van der Waals surface area contributed by atoms with Gasteiger partial charge in [-0.15, -0.1) is 0 Å². The number of hydrogen-bond acceptors (Lipinski definition) is 5. The fraction of sp³-hybridized carbons (Fsp3) is 0.407. The lowest BCUT2D eigenvalue weighted by atomic mass is 9.98. The van der Waals surface area contributed by atoms with Crippen LogP contribution >= 0.6 is 0 Å². The molecule has 8 heteroatoms. The molecule has 2 unspecified atom stereocenters. The summed E-state index contributed by atoms with van der Waals surface area (Å²) < 4.78 is 3.64. The van der Waals surface area contributed by atoms with Crippen molar-refractivity contribution in [2.75, 3.05) is 6.54 Å². The molecule has 4 heterocycles. The monoisotopic (exact) mass is 471 g/mol. The third-order valence-electron chi connectivity index (χ3n) is 6.73. The summed E-state index contributed by atoms with van der Waals surface area (Å²) in [6.07, 6.45) is 8.55. The van der Waals surface area contributed by atoms with Gasteiger partial charge in [-0.05, 0) is 49.4 Å². The molecule has 1 saturated heterocycles. The standard InChI is InChI=1S/C27H33N7O/c1-17(2)10-23-15-33(27(35)19(4)30-23)14-21-7-6-20(11-18(21)3)26-25-8-9-28-34(25)16-24(31-26)22-12-29-32(5)13-22/h6-9,11-13,16-17,19,23,30H,10,14-15H2,1-5H3. The normalized spacial score (nSPS) is 18.7. The number of carbonyl (C=O) groups is 1. The summed E-state index contributed by atoms with van der Waals surface area (Å²) in [6, 6.07) is 8.56. The molecule has 0 bridgehead atoms. The summed E-state index contributed by atoms with van der Waals surface area (Å²) in [5.41, 5.74) is 6.93. The number of hydrogen-bond donors (Lipinski definition) is 1. The number of piperazine rings is 1. The van der Waals surface area contributed by atoms with Crippen LogP contribution in [0.3, 0.4) is 0 Å². The van der Waals surface area contributed by atoms with Crippen LogP contribution in [0.5, 0.6) is 0 Å². The van der Waals surface area contributed by atoms with Gasteiger partial charge >= 0.3 is 0 Å². The minimum absolute atomic E-state index is 0.151. The number of aryl methyl sites for hydroxylation is 2. The summed E-state index contributed by atoms with van der Waals surface area (Å²) in [5.74, 6) is 0.756. The fourth-order valence-corrected chi connectivity index (χ4v) is 5.02. The van der Waals surface area contributed by atoms with E-state index in [4.69, 9.17) is 4.98 Å². The molecule has 5 rings (SSSR count). The highest BCUT2D eigenvalue weighted by Crippen LogP contribution is 2.29. The van der Waals surface area contributed by atoms with Crippen LogP contribution in [-0.2, 0) is 18.4 Å². The quantitative estimate of drug-likeness (QED) is 0.462. The summed E-state index contributed by atoms with van der Waals surface area (Å²) in [6.45, 7) is 9.90. The van der Waals surface area contributed by atoms with E-state index in [1.54, 1.807) is 10.9 Å². The Balaban J connectivity index is 1.45. The smallest absolute Gasteiger partial charge is 0.239 e. The van der Waals surface area contributed by atoms with Gasteiger partial charge in [0.1, 0.15) is 0 Å². The SMILES string of the molecule is Cc1cc(-c2nc(-c3cnn(C)c3)cn3nccc23)ccc1CN1CC(CC(C)C)NC(C)C1=O. The number of amides is 1. The van der Waals surface area contributed by atoms with Crippen molar-refractivity contribution in [1.82, 2.24) is 34.6 Å². The van der Waals surface area contributed by atoms with E-state index in [0.717, 1.165) is 52.1 Å². The zero-order chi connectivity index (χ0) is 24.7. The average molecular weight is 472 g/mol. The lowest BCUT2D eigenvalue weighted by Gasteiger charge is -2.38. The maximum atomic E-state index is 12.9. The Morgan fingerprint density at radius 2 is 1.97 bits per heavy atom. The summed E-state index contributed by atoms with van der Waals surface area (Å²) in [7, 11) is 1.90. The number of nitrogens with zero attached hydrogens (tertiary/aromatic N) is 6. The van der Waals surface area contributed by atoms with Crippen LogP contribution in [0.1, 0.15) is 38.3 Å². The van der Waals surface area contributed by atoms with Gasteiger partial charge < -0.3 is 10.2 Å². The Hall–Kier alpha value is -3.52. The molecular weight excluding hydrogens is 438 g/mol. The van der Waals surface area contributed by atoms with Crippen LogP contribution in [0, 0.1) is 12.8 Å². The van der Waals surface area contributed by atoms with E-state index >= 15 is 0 Å². The van der Waals surface area contributed by atoms with E-state index in [9.17, 15) is 4.79 Å². The average Bonchev–Trinajstić information content (AvgIpc) is 3.46. The van der Waals surface area contributed by atoms with E-state index in [2.05, 4.69) is 54.5 Å². The first kappa shape index (κ1) is 23.2. The van der Waals surface area contributed by atoms with Gasteiger partial charge in [0.15, 0.2) is 0 Å². The van der Waals surface area contributed by atoms with Gasteiger partial charge in [0.2, 0.25) is 5.91 Å². The highest BCUT2D eigenvalue weighted by Gasteiger charge is 2.31. The number of aromatic nitrogens is 5. The topological polar surface area (TPSA) is 80.4 Å². The van der Waals surface area contributed by atoms with Crippen LogP contribution in [0.25, 0.3) is 28.0 Å². The summed E-state index contributed by atoms with van der Waals surface area (Å²) >= 11 is 0. The number of benzene rings is 1. The maximum absolute atomic E-state index is 12.9. The molecule has 0 spiro atoms. The highest BCUT2D eigenvalue weighted by molar-refractivity contribution is 5.83. The largest absolute Gasteiger partial charge is 0.335 e. The third kappa shape index (κ3) is 4.71. The molecule has 182 valence electrons. The molecule has 2 atom stereocenters. The second-order valence-corrected chi connectivity index (χ2v) is 10.1. The molecule has 0 aliphatic carbocycles. The van der Waals surface area contributed by atoms with Crippen molar-refractivity contribution < 1.29 is 4.79 Å². The number of carbonyl (C=O) groups excluding carboxylic acids is 1. The highest BCUT2D eigenvalue weighted by atomic mass is 16.2. The predicted molar refractivity (Wildman–Crippen MR) is 137 cm³/mol. The molecule has 0 saturated carbocycles. The van der Waals surface area contributed by atoms with Crippen LogP contribution in [0.15, 0.2) is 49.1 Å². The molecule has 1 N–H and O–H groups in total. The van der Waals surface area contributed by atoms with E-state index in [-0.39, 0.29) is 11.9 Å². The van der Waals surface area contributed by atoms with Crippen molar-refractivity contribution in [2.45, 2.75) is 52.7 Å². The van der Waals surface area contributed by atoms with Gasteiger partial charge in [-0.2, -0.15) is 10.2 Å². The lowest BCUT2D eigenvalue weighted by molar-refractivity contribution is -0.137. The van der Waals surface area contributed by atoms with Gasteiger partial charge in [0.05, 0.1) is 41.5 Å². The van der Waals surface area contributed by atoms with E-state index in [1.165, 1.54) is 0 Å². The van der Waals surface area contributed by atoms with Crippen LogP contribution in [0.2, 0.25) is 0 Å². The first-order chi connectivity index (χ1) is 16.8. The van der Waals surface area contributed by atoms with Crippen molar-refractivity contribution in [2.24, 2.45) is 13.0 Å². The van der Waals surface area contributed by atoms with Gasteiger partial charge in [0, 0.05) is 43.5 Å². The van der Waals surface area contributed by atoms with Crippen molar-refractivity contribution >= 4 is 11.4 Å². The molecule has 1 aliphatic rings. The van der Waals surface area contributed by atoms with Crippen molar-refractivity contribution in [3.05, 3.63) is 60.2 Å². The van der Waals surface area contributed by atoms with Gasteiger partial charge in [-0.1, -0.05) is 26.0 Å². The molecule has 8 nitrogen and oxygen atoms in total. The Morgan fingerprint density at radius 1 is 1.14 bits per heavy atom. The molecule has 1 aliphatic heterocycles. The molecule has 1 amide bonds. The Bertz CT molecular complexity index is 1370. The summed E-state index contributed by atoms with van der Waals surface area (Å²) in [4.78, 5) is 19.9. The zero-order valence-corrected chi connectivity index (χ0v) is 21.1. The first-order valence-electron chi connectivity index (χ1n) is 12.3. The zero-order valence-electron chi connectivity index (χ0n) is 21.1. The Morgan fingerprint density at radius 3 is 2.69 bits per heavy atom. The van der Waals surface area contributed by atoms with Crippen LogP contribution in [-0.4, -0.2) is 53.8 Å². The minimum Gasteiger partial charge on any atom is -0.335 e. The fourth-order valence-electron chi connectivity index (χ4n) is 5.02. The predicted octanol–water partition coefficient (Wildman–Crippen LogP) is 3.84. The van der Waals surface area contributed by atoms with Crippen LogP contribution in [0.4, 0.5) is 0 Å². The van der Waals surface area contributed by atoms with Crippen molar-refractivity contribution in [3.8, 4) is 22.5 Å². The van der Waals surface area contributed by atoms with E-state index in [1.807, 2.05) is 48.0 Å². The van der Waals surface area contributed by atoms with Crippen molar-refractivity contribution in [1.29, 1.82) is 0 Å². The van der Waals surface area contributed by atoms with Gasteiger partial charge in [-0.25, -0.2) is 9.50 Å². The number of nitrogens with one attached hydrogen (secondary N) is 1. The lowest BCUT2D eigenvalue weighted by Crippen LogP contribution is -2.58. The minimum atomic E-state index is -0.151. The first-order valence-corrected chi connectivity index (χ1v) is 12.3. The third-order valence-corrected chi connectivity index (χ3v) is 6.73. The van der Waals surface area contributed by atoms with Crippen LogP contribution < -0.4 is 5.32 Å². The molecular formula is C27H33N7O. The second-order valence-electron chi connectivity index (χ2n) is 10.1. The molecule has 1 aromatic carbocycles. The Labute approximate surface area is 206 Å². The molecule has 0 radical (unpaired) electrons. The number of rotatable bonds is 6. The molecule has 4 aromatic rings. The maximum Gasteiger partial charge on any atom is 0.239 e. The number of fused-ring (bicyclic) bond motifs is 1. The Kier molecular flexibility index (Phi) is 6.15. The van der Waals surface area contributed by atoms with Gasteiger partial charge in [-0.3, -0.25) is 9.48 Å².